The zero-order valence-electron chi connectivity index (χ0n) is 19.5. The Hall–Kier alpha value is -2.75. The van der Waals surface area contributed by atoms with Crippen LogP contribution in [-0.4, -0.2) is 73.6 Å². The molecule has 0 bridgehead atoms. The molecule has 4 rings (SSSR count). The number of anilines is 1. The summed E-state index contributed by atoms with van der Waals surface area (Å²) in [6, 6.07) is 16.1. The van der Waals surface area contributed by atoms with E-state index in [4.69, 9.17) is 0 Å². The van der Waals surface area contributed by atoms with Crippen molar-refractivity contribution in [1.82, 2.24) is 14.1 Å². The Morgan fingerprint density at radius 1 is 0.912 bits per heavy atom. The number of benzene rings is 2. The van der Waals surface area contributed by atoms with Crippen LogP contribution in [-0.2, 0) is 19.6 Å². The standard InChI is InChI=1S/C25H32N4O4S/c1-20(30)29-17-16-27(18-24(29)21-8-4-2-5-9-21)19-25(31)26-22-10-12-23(13-11-22)34(32,33)28-14-6-3-7-15-28/h2,4-5,8-13,24H,3,6-7,14-19H2,1H3,(H,26,31). The van der Waals surface area contributed by atoms with Crippen molar-refractivity contribution >= 4 is 27.5 Å². The lowest BCUT2D eigenvalue weighted by Crippen LogP contribution is -2.51. The van der Waals surface area contributed by atoms with Crippen molar-refractivity contribution in [2.45, 2.75) is 37.1 Å². The minimum absolute atomic E-state index is 0.0255. The van der Waals surface area contributed by atoms with Gasteiger partial charge in [0.05, 0.1) is 17.5 Å². The summed E-state index contributed by atoms with van der Waals surface area (Å²) < 4.78 is 27.2. The maximum atomic E-state index is 12.8. The number of rotatable bonds is 6. The first kappa shape index (κ1) is 24.4. The van der Waals surface area contributed by atoms with E-state index in [1.165, 1.54) is 4.31 Å². The molecule has 182 valence electrons. The number of hydrogen-bond donors (Lipinski definition) is 1. The molecule has 0 radical (unpaired) electrons. The van der Waals surface area contributed by atoms with Crippen molar-refractivity contribution in [1.29, 1.82) is 0 Å². The molecule has 0 spiro atoms. The normalized spacial score (nSPS) is 20.1. The summed E-state index contributed by atoms with van der Waals surface area (Å²) in [6.45, 7) is 4.64. The van der Waals surface area contributed by atoms with Gasteiger partial charge in [-0.15, -0.1) is 0 Å². The van der Waals surface area contributed by atoms with Crippen LogP contribution in [0.2, 0.25) is 0 Å². The summed E-state index contributed by atoms with van der Waals surface area (Å²) in [5.41, 5.74) is 1.61. The number of hydrogen-bond acceptors (Lipinski definition) is 5. The summed E-state index contributed by atoms with van der Waals surface area (Å²) in [7, 11) is -3.49. The largest absolute Gasteiger partial charge is 0.333 e. The SMILES string of the molecule is CC(=O)N1CCN(CC(=O)Nc2ccc(S(=O)(=O)N3CCCCC3)cc2)CC1c1ccccc1. The van der Waals surface area contributed by atoms with E-state index in [0.717, 1.165) is 24.8 Å². The van der Waals surface area contributed by atoms with Crippen LogP contribution in [0.1, 0.15) is 37.8 Å². The lowest BCUT2D eigenvalue weighted by Gasteiger charge is -2.41. The first-order valence-electron chi connectivity index (χ1n) is 11.8. The van der Waals surface area contributed by atoms with Gasteiger partial charge in [0.2, 0.25) is 21.8 Å². The van der Waals surface area contributed by atoms with Crippen LogP contribution >= 0.6 is 0 Å². The summed E-state index contributed by atoms with van der Waals surface area (Å²) >= 11 is 0. The molecule has 2 heterocycles. The van der Waals surface area contributed by atoms with Gasteiger partial charge in [-0.2, -0.15) is 4.31 Å². The van der Waals surface area contributed by atoms with Crippen LogP contribution in [0.3, 0.4) is 0 Å². The number of carbonyl (C=O) groups is 2. The molecule has 2 amide bonds. The van der Waals surface area contributed by atoms with Crippen molar-refractivity contribution in [2.24, 2.45) is 0 Å². The highest BCUT2D eigenvalue weighted by Crippen LogP contribution is 2.26. The summed E-state index contributed by atoms with van der Waals surface area (Å²) in [6.07, 6.45) is 2.84. The van der Waals surface area contributed by atoms with Crippen molar-refractivity contribution in [3.63, 3.8) is 0 Å². The third kappa shape index (κ3) is 5.65. The van der Waals surface area contributed by atoms with Gasteiger partial charge in [-0.05, 0) is 42.7 Å². The van der Waals surface area contributed by atoms with Crippen molar-refractivity contribution in [2.75, 3.05) is 44.6 Å². The molecule has 1 atom stereocenters. The molecule has 1 unspecified atom stereocenters. The Kier molecular flexibility index (Phi) is 7.65. The molecule has 2 fully saturated rings. The van der Waals surface area contributed by atoms with Gasteiger partial charge in [0.25, 0.3) is 0 Å². The average molecular weight is 485 g/mol. The molecule has 9 heteroatoms. The van der Waals surface area contributed by atoms with Gasteiger partial charge in [-0.1, -0.05) is 36.8 Å². The number of nitrogens with zero attached hydrogens (tertiary/aromatic N) is 3. The molecule has 2 saturated heterocycles. The quantitative estimate of drug-likeness (QED) is 0.681. The number of sulfonamides is 1. The average Bonchev–Trinajstić information content (AvgIpc) is 2.85. The van der Waals surface area contributed by atoms with Crippen LogP contribution in [0.15, 0.2) is 59.5 Å². The summed E-state index contributed by atoms with van der Waals surface area (Å²) in [5, 5.41) is 2.87. The van der Waals surface area contributed by atoms with E-state index < -0.39 is 10.0 Å². The molecule has 2 aromatic rings. The Balaban J connectivity index is 1.36. The Labute approximate surface area is 201 Å². The van der Waals surface area contributed by atoms with Gasteiger partial charge in [-0.3, -0.25) is 14.5 Å². The Bertz CT molecular complexity index is 1100. The number of nitrogens with one attached hydrogen (secondary N) is 1. The lowest BCUT2D eigenvalue weighted by atomic mass is 10.0. The zero-order chi connectivity index (χ0) is 24.1. The molecule has 0 saturated carbocycles. The highest BCUT2D eigenvalue weighted by atomic mass is 32.2. The second-order valence-corrected chi connectivity index (χ2v) is 10.8. The molecule has 2 aromatic carbocycles. The molecule has 8 nitrogen and oxygen atoms in total. The van der Waals surface area contributed by atoms with Gasteiger partial charge in [-0.25, -0.2) is 8.42 Å². The molecule has 2 aliphatic heterocycles. The molecule has 2 aliphatic rings. The molecule has 1 N–H and O–H groups in total. The van der Waals surface area contributed by atoms with E-state index in [1.54, 1.807) is 31.2 Å². The minimum Gasteiger partial charge on any atom is -0.333 e. The third-order valence-corrected chi connectivity index (χ3v) is 8.42. The van der Waals surface area contributed by atoms with Crippen LogP contribution < -0.4 is 5.32 Å². The Morgan fingerprint density at radius 3 is 2.24 bits per heavy atom. The highest BCUT2D eigenvalue weighted by molar-refractivity contribution is 7.89. The van der Waals surface area contributed by atoms with E-state index in [2.05, 4.69) is 5.32 Å². The number of piperazine rings is 1. The second kappa shape index (κ2) is 10.7. The van der Waals surface area contributed by atoms with Crippen LogP contribution in [0.5, 0.6) is 0 Å². The van der Waals surface area contributed by atoms with Crippen molar-refractivity contribution < 1.29 is 18.0 Å². The predicted octanol–water partition coefficient (Wildman–Crippen LogP) is 2.71. The molecule has 34 heavy (non-hydrogen) atoms. The predicted molar refractivity (Wildman–Crippen MR) is 131 cm³/mol. The van der Waals surface area contributed by atoms with Gasteiger partial charge < -0.3 is 10.2 Å². The molecule has 0 aliphatic carbocycles. The fraction of sp³-hybridized carbons (Fsp3) is 0.440. The monoisotopic (exact) mass is 484 g/mol. The third-order valence-electron chi connectivity index (χ3n) is 6.51. The first-order chi connectivity index (χ1) is 16.3. The molecular formula is C25H32N4O4S. The zero-order valence-corrected chi connectivity index (χ0v) is 20.3. The maximum absolute atomic E-state index is 12.8. The number of piperidine rings is 1. The smallest absolute Gasteiger partial charge is 0.243 e. The molecular weight excluding hydrogens is 452 g/mol. The lowest BCUT2D eigenvalue weighted by molar-refractivity contribution is -0.134. The van der Waals surface area contributed by atoms with E-state index in [9.17, 15) is 18.0 Å². The van der Waals surface area contributed by atoms with E-state index in [0.29, 0.717) is 38.4 Å². The number of carbonyl (C=O) groups excluding carboxylic acids is 2. The van der Waals surface area contributed by atoms with Crippen LogP contribution in [0.4, 0.5) is 5.69 Å². The van der Waals surface area contributed by atoms with E-state index in [1.807, 2.05) is 40.1 Å². The van der Waals surface area contributed by atoms with Gasteiger partial charge in [0, 0.05) is 45.3 Å². The van der Waals surface area contributed by atoms with E-state index >= 15 is 0 Å². The first-order valence-corrected chi connectivity index (χ1v) is 13.2. The topological polar surface area (TPSA) is 90.0 Å². The van der Waals surface area contributed by atoms with Gasteiger partial charge in [0.1, 0.15) is 0 Å². The van der Waals surface area contributed by atoms with Crippen LogP contribution in [0.25, 0.3) is 0 Å². The minimum atomic E-state index is -3.49. The number of amides is 2. The Morgan fingerprint density at radius 2 is 1.59 bits per heavy atom. The van der Waals surface area contributed by atoms with E-state index in [-0.39, 0.29) is 29.3 Å². The summed E-state index contributed by atoms with van der Waals surface area (Å²) in [5.74, 6) is -0.146. The molecule has 0 aromatic heterocycles. The highest BCUT2D eigenvalue weighted by Gasteiger charge is 2.31. The van der Waals surface area contributed by atoms with Gasteiger partial charge >= 0.3 is 0 Å². The van der Waals surface area contributed by atoms with Crippen LogP contribution in [0, 0.1) is 0 Å². The maximum Gasteiger partial charge on any atom is 0.243 e. The van der Waals surface area contributed by atoms with Gasteiger partial charge in [0.15, 0.2) is 0 Å². The van der Waals surface area contributed by atoms with Crippen molar-refractivity contribution in [3.8, 4) is 0 Å². The fourth-order valence-corrected chi connectivity index (χ4v) is 6.21. The fourth-order valence-electron chi connectivity index (χ4n) is 4.69. The van der Waals surface area contributed by atoms with Crippen molar-refractivity contribution in [3.05, 3.63) is 60.2 Å². The second-order valence-electron chi connectivity index (χ2n) is 8.91. The summed E-state index contributed by atoms with van der Waals surface area (Å²) in [4.78, 5) is 29.0.